The predicted octanol–water partition coefficient (Wildman–Crippen LogP) is 5.02. The molecule has 0 saturated heterocycles. The minimum atomic E-state index is -5.58. The van der Waals surface area contributed by atoms with Crippen molar-refractivity contribution in [1.82, 2.24) is 0 Å². The fourth-order valence-electron chi connectivity index (χ4n) is 1.80. The quantitative estimate of drug-likeness (QED) is 0.358. The number of nitrogens with zero attached hydrogens (tertiary/aromatic N) is 1. The standard InChI is InChI=1S/C15H9F7N2/c1-7-2-4-8(5-3-7)6-23-24-14-12(18)10(16)9(15(20,21)22)11(17)13(14)19/h2-6,24H,1H3/b23-6-. The molecule has 0 radical (unpaired) electrons. The van der Waals surface area contributed by atoms with Gasteiger partial charge in [0.1, 0.15) is 11.3 Å². The lowest BCUT2D eigenvalue weighted by Crippen LogP contribution is -2.16. The van der Waals surface area contributed by atoms with E-state index in [0.29, 0.717) is 5.56 Å². The summed E-state index contributed by atoms with van der Waals surface area (Å²) in [5, 5.41) is 3.37. The van der Waals surface area contributed by atoms with Crippen LogP contribution in [0, 0.1) is 30.2 Å². The third-order valence-electron chi connectivity index (χ3n) is 3.01. The molecule has 128 valence electrons. The predicted molar refractivity (Wildman–Crippen MR) is 73.7 cm³/mol. The maximum atomic E-state index is 13.6. The zero-order valence-electron chi connectivity index (χ0n) is 12.0. The SMILES string of the molecule is Cc1ccc(/C=N\Nc2c(F)c(F)c(C(F)(F)F)c(F)c2F)cc1. The highest BCUT2D eigenvalue weighted by atomic mass is 19.4. The van der Waals surface area contributed by atoms with E-state index in [1.54, 1.807) is 29.7 Å². The fourth-order valence-corrected chi connectivity index (χ4v) is 1.80. The number of alkyl halides is 3. The van der Waals surface area contributed by atoms with E-state index < -0.39 is 40.7 Å². The van der Waals surface area contributed by atoms with E-state index in [9.17, 15) is 30.7 Å². The van der Waals surface area contributed by atoms with Crippen molar-refractivity contribution in [2.45, 2.75) is 13.1 Å². The van der Waals surface area contributed by atoms with Gasteiger partial charge in [0, 0.05) is 0 Å². The maximum Gasteiger partial charge on any atom is 0.422 e. The van der Waals surface area contributed by atoms with E-state index >= 15 is 0 Å². The summed E-state index contributed by atoms with van der Waals surface area (Å²) in [7, 11) is 0. The third-order valence-corrected chi connectivity index (χ3v) is 3.01. The maximum absolute atomic E-state index is 13.6. The van der Waals surface area contributed by atoms with Gasteiger partial charge in [-0.25, -0.2) is 17.6 Å². The van der Waals surface area contributed by atoms with Gasteiger partial charge in [0.2, 0.25) is 0 Å². The van der Waals surface area contributed by atoms with E-state index in [-0.39, 0.29) is 0 Å². The topological polar surface area (TPSA) is 24.4 Å². The molecule has 2 nitrogen and oxygen atoms in total. The fraction of sp³-hybridized carbons (Fsp3) is 0.133. The highest BCUT2D eigenvalue weighted by molar-refractivity contribution is 5.80. The van der Waals surface area contributed by atoms with Gasteiger partial charge in [0.15, 0.2) is 23.3 Å². The summed E-state index contributed by atoms with van der Waals surface area (Å²) in [6, 6.07) is 6.61. The second-order valence-corrected chi connectivity index (χ2v) is 4.78. The van der Waals surface area contributed by atoms with Gasteiger partial charge in [-0.3, -0.25) is 5.43 Å². The number of halogens is 7. The molecular formula is C15H9F7N2. The highest BCUT2D eigenvalue weighted by Gasteiger charge is 2.42. The number of anilines is 1. The number of aryl methyl sites for hydroxylation is 1. The molecule has 0 atom stereocenters. The first-order chi connectivity index (χ1) is 11.1. The Balaban J connectivity index is 2.36. The van der Waals surface area contributed by atoms with Crippen molar-refractivity contribution in [3.8, 4) is 0 Å². The van der Waals surface area contributed by atoms with Crippen LogP contribution >= 0.6 is 0 Å². The summed E-state index contributed by atoms with van der Waals surface area (Å²) in [5.41, 5.74) is -0.992. The average Bonchev–Trinajstić information content (AvgIpc) is 2.49. The van der Waals surface area contributed by atoms with Crippen molar-refractivity contribution >= 4 is 11.9 Å². The van der Waals surface area contributed by atoms with Crippen molar-refractivity contribution in [2.75, 3.05) is 5.43 Å². The minimum Gasteiger partial charge on any atom is -0.272 e. The normalized spacial score (nSPS) is 12.0. The van der Waals surface area contributed by atoms with Crippen molar-refractivity contribution < 1.29 is 30.7 Å². The average molecular weight is 350 g/mol. The zero-order chi connectivity index (χ0) is 18.1. The Bertz CT molecular complexity index is 751. The molecule has 0 spiro atoms. The van der Waals surface area contributed by atoms with E-state index in [4.69, 9.17) is 0 Å². The van der Waals surface area contributed by atoms with Crippen LogP contribution in [0.2, 0.25) is 0 Å². The van der Waals surface area contributed by atoms with E-state index in [1.807, 2.05) is 6.92 Å². The molecular weight excluding hydrogens is 341 g/mol. The molecule has 0 aliphatic carbocycles. The zero-order valence-corrected chi connectivity index (χ0v) is 12.0. The van der Waals surface area contributed by atoms with Crippen molar-refractivity contribution in [3.63, 3.8) is 0 Å². The van der Waals surface area contributed by atoms with Crippen molar-refractivity contribution in [3.05, 3.63) is 64.2 Å². The van der Waals surface area contributed by atoms with Crippen LogP contribution in [0.1, 0.15) is 16.7 Å². The second kappa shape index (κ2) is 6.50. The van der Waals surface area contributed by atoms with Crippen LogP contribution < -0.4 is 5.43 Å². The molecule has 0 heterocycles. The number of nitrogens with one attached hydrogen (secondary N) is 1. The number of rotatable bonds is 3. The number of hydrogen-bond donors (Lipinski definition) is 1. The van der Waals surface area contributed by atoms with Crippen LogP contribution in [-0.2, 0) is 6.18 Å². The highest BCUT2D eigenvalue weighted by Crippen LogP contribution is 2.38. The second-order valence-electron chi connectivity index (χ2n) is 4.78. The molecule has 0 fully saturated rings. The summed E-state index contributed by atoms with van der Waals surface area (Å²) in [4.78, 5) is 0. The minimum absolute atomic E-state index is 0.488. The van der Waals surface area contributed by atoms with E-state index in [2.05, 4.69) is 5.10 Å². The first kappa shape index (κ1) is 17.8. The van der Waals surface area contributed by atoms with Gasteiger partial charge >= 0.3 is 6.18 Å². The monoisotopic (exact) mass is 350 g/mol. The lowest BCUT2D eigenvalue weighted by molar-refractivity contribution is -0.143. The number of benzene rings is 2. The molecule has 0 aliphatic rings. The summed E-state index contributed by atoms with van der Waals surface area (Å²) in [6.45, 7) is 1.82. The van der Waals surface area contributed by atoms with Gasteiger partial charge in [-0.2, -0.15) is 18.3 Å². The van der Waals surface area contributed by atoms with Crippen molar-refractivity contribution in [1.29, 1.82) is 0 Å². The number of hydrazone groups is 1. The molecule has 0 bridgehead atoms. The van der Waals surface area contributed by atoms with Crippen LogP contribution in [0.5, 0.6) is 0 Å². The van der Waals surface area contributed by atoms with Crippen molar-refractivity contribution in [2.24, 2.45) is 5.10 Å². The Morgan fingerprint density at radius 2 is 1.38 bits per heavy atom. The Kier molecular flexibility index (Phi) is 4.81. The summed E-state index contributed by atoms with van der Waals surface area (Å²) in [6.07, 6.45) is -4.51. The van der Waals surface area contributed by atoms with Crippen LogP contribution in [-0.4, -0.2) is 6.21 Å². The van der Waals surface area contributed by atoms with Crippen LogP contribution in [0.15, 0.2) is 29.4 Å². The van der Waals surface area contributed by atoms with Gasteiger partial charge in [0.25, 0.3) is 0 Å². The molecule has 9 heteroatoms. The molecule has 2 aromatic carbocycles. The molecule has 0 aliphatic heterocycles. The molecule has 0 saturated carbocycles. The Morgan fingerprint density at radius 3 is 1.83 bits per heavy atom. The molecule has 24 heavy (non-hydrogen) atoms. The lowest BCUT2D eigenvalue weighted by atomic mass is 10.1. The van der Waals surface area contributed by atoms with Gasteiger partial charge in [-0.15, -0.1) is 0 Å². The molecule has 2 aromatic rings. The first-order valence-electron chi connectivity index (χ1n) is 6.41. The van der Waals surface area contributed by atoms with Crippen LogP contribution in [0.4, 0.5) is 36.4 Å². The molecule has 0 unspecified atom stereocenters. The van der Waals surface area contributed by atoms with Crippen LogP contribution in [0.3, 0.4) is 0 Å². The Morgan fingerprint density at radius 1 is 0.875 bits per heavy atom. The largest absolute Gasteiger partial charge is 0.422 e. The lowest BCUT2D eigenvalue weighted by Gasteiger charge is -2.13. The molecule has 0 aromatic heterocycles. The smallest absolute Gasteiger partial charge is 0.272 e. The van der Waals surface area contributed by atoms with Gasteiger partial charge in [0.05, 0.1) is 6.21 Å². The van der Waals surface area contributed by atoms with E-state index in [0.717, 1.165) is 11.8 Å². The van der Waals surface area contributed by atoms with Crippen LogP contribution in [0.25, 0.3) is 0 Å². The van der Waals surface area contributed by atoms with Gasteiger partial charge < -0.3 is 0 Å². The Labute approximate surface area is 131 Å². The van der Waals surface area contributed by atoms with Gasteiger partial charge in [-0.05, 0) is 12.5 Å². The summed E-state index contributed by atoms with van der Waals surface area (Å²) >= 11 is 0. The summed E-state index contributed by atoms with van der Waals surface area (Å²) < 4.78 is 91.3. The molecule has 1 N–H and O–H groups in total. The summed E-state index contributed by atoms with van der Waals surface area (Å²) in [5.74, 6) is -9.53. The molecule has 2 rings (SSSR count). The van der Waals surface area contributed by atoms with Gasteiger partial charge in [-0.1, -0.05) is 29.8 Å². The molecule has 0 amide bonds. The first-order valence-corrected chi connectivity index (χ1v) is 6.41. The van der Waals surface area contributed by atoms with E-state index in [1.165, 1.54) is 0 Å². The Hall–Kier alpha value is -2.58. The third kappa shape index (κ3) is 3.50. The number of hydrogen-bond acceptors (Lipinski definition) is 2.